The number of pyridine rings is 2. The van der Waals surface area contributed by atoms with Crippen molar-refractivity contribution in [3.63, 3.8) is 0 Å². The summed E-state index contributed by atoms with van der Waals surface area (Å²) in [5, 5.41) is 24.0. The van der Waals surface area contributed by atoms with Gasteiger partial charge in [-0.05, 0) is 192 Å². The summed E-state index contributed by atoms with van der Waals surface area (Å²) >= 11 is 0. The minimum absolute atomic E-state index is 0.662. The van der Waals surface area contributed by atoms with Gasteiger partial charge in [-0.15, -0.1) is 0 Å². The van der Waals surface area contributed by atoms with Crippen LogP contribution in [-0.4, -0.2) is 9.97 Å². The molecular weight excluding hydrogens is 1230 g/mol. The van der Waals surface area contributed by atoms with Gasteiger partial charge in [-0.2, -0.15) is 10.5 Å². The Kier molecular flexibility index (Phi) is 15.3. The van der Waals surface area contributed by atoms with Crippen LogP contribution in [0.4, 0.5) is 0 Å². The Morgan fingerprint density at radius 3 is 0.598 bits per heavy atom. The number of rotatable bonds is 11. The minimum Gasteiger partial charge on any atom is -0.248 e. The summed E-state index contributed by atoms with van der Waals surface area (Å²) in [5.74, 6) is 0. The van der Waals surface area contributed by atoms with Gasteiger partial charge in [-0.1, -0.05) is 315 Å². The van der Waals surface area contributed by atoms with Crippen molar-refractivity contribution < 1.29 is 0 Å². The van der Waals surface area contributed by atoms with Gasteiger partial charge >= 0.3 is 0 Å². The van der Waals surface area contributed by atoms with Crippen molar-refractivity contribution in [2.75, 3.05) is 0 Å². The summed E-state index contributed by atoms with van der Waals surface area (Å²) in [5.41, 5.74) is 35.9. The molecule has 0 N–H and O–H groups in total. The molecule has 472 valence electrons. The van der Waals surface area contributed by atoms with Crippen LogP contribution >= 0.6 is 0 Å². The van der Waals surface area contributed by atoms with E-state index in [0.29, 0.717) is 11.1 Å². The van der Waals surface area contributed by atoms with Crippen LogP contribution in [0.15, 0.2) is 364 Å². The fraction of sp³-hybridized carbons (Fsp3) is 0. The molecule has 15 aromatic carbocycles. The van der Waals surface area contributed by atoms with Crippen LogP contribution < -0.4 is 0 Å². The average Bonchev–Trinajstić information content (AvgIpc) is 1.55. The average molecular weight is 1290 g/mol. The van der Waals surface area contributed by atoms with Gasteiger partial charge in [0.2, 0.25) is 0 Å². The van der Waals surface area contributed by atoms with E-state index in [1.807, 2.05) is 48.5 Å². The molecule has 0 saturated heterocycles. The Hall–Kier alpha value is -13.9. The Labute approximate surface area is 593 Å². The first-order chi connectivity index (χ1) is 50.5. The van der Waals surface area contributed by atoms with E-state index in [1.165, 1.54) is 105 Å². The van der Waals surface area contributed by atoms with Crippen LogP contribution in [-0.2, 0) is 0 Å². The number of aromatic nitrogens is 2. The van der Waals surface area contributed by atoms with Crippen molar-refractivity contribution in [3.05, 3.63) is 375 Å². The van der Waals surface area contributed by atoms with Gasteiger partial charge in [0.05, 0.1) is 46.0 Å². The molecule has 17 aromatic rings. The second-order valence-electron chi connectivity index (χ2n) is 26.1. The molecule has 2 heterocycles. The van der Waals surface area contributed by atoms with Crippen LogP contribution in [0.25, 0.3) is 189 Å². The van der Waals surface area contributed by atoms with Gasteiger partial charge in [0.15, 0.2) is 0 Å². The van der Waals surface area contributed by atoms with E-state index in [1.54, 1.807) is 0 Å². The third-order valence-corrected chi connectivity index (χ3v) is 20.2. The van der Waals surface area contributed by atoms with Crippen molar-refractivity contribution in [1.82, 2.24) is 9.97 Å². The Bertz CT molecular complexity index is 6000. The molecule has 0 aliphatic heterocycles. The molecule has 0 bridgehead atoms. The lowest BCUT2D eigenvalue weighted by Crippen LogP contribution is -1.91. The van der Waals surface area contributed by atoms with Crippen LogP contribution in [0, 0.1) is 22.7 Å². The summed E-state index contributed by atoms with van der Waals surface area (Å²) in [4.78, 5) is 10.1. The topological polar surface area (TPSA) is 73.4 Å². The fourth-order valence-electron chi connectivity index (χ4n) is 15.2. The Morgan fingerprint density at radius 1 is 0.157 bits per heavy atom. The van der Waals surface area contributed by atoms with Gasteiger partial charge in [-0.3, -0.25) is 0 Å². The molecule has 0 amide bonds. The highest BCUT2D eigenvalue weighted by atomic mass is 14.7. The fourth-order valence-corrected chi connectivity index (χ4v) is 15.2. The molecule has 0 atom stereocenters. The van der Waals surface area contributed by atoms with Crippen LogP contribution in [0.1, 0.15) is 11.1 Å². The smallest absolute Gasteiger partial charge is 0.0991 e. The summed E-state index contributed by atoms with van der Waals surface area (Å²) in [7, 11) is 0. The third kappa shape index (κ3) is 11.0. The molecule has 4 heteroatoms. The molecule has 0 spiro atoms. The van der Waals surface area contributed by atoms with Crippen molar-refractivity contribution in [3.8, 4) is 180 Å². The molecule has 0 radical (unpaired) electrons. The SMILES string of the molecule is N#Cc1ccc(-c2ccc3c4c(ccc(-c5ccc(-c6cc(-c7ccccc7)nc(-c7ccccc7)c6)cc5)c24)-c2ccccc2-3)cc1.N#Cc1ccc(-c2ccc3c4c(ccc(-c5ccc(-c6ccc(-c7cc(-c8ccccc8)nc(-c8ccccc8)c7)cc6)cc5)c24)-c2ccccc2-3)cc1. The van der Waals surface area contributed by atoms with Crippen LogP contribution in [0.3, 0.4) is 0 Å². The van der Waals surface area contributed by atoms with E-state index in [0.717, 1.165) is 84.0 Å². The van der Waals surface area contributed by atoms with Crippen molar-refractivity contribution in [2.45, 2.75) is 0 Å². The van der Waals surface area contributed by atoms with E-state index < -0.39 is 0 Å². The van der Waals surface area contributed by atoms with Crippen molar-refractivity contribution in [2.24, 2.45) is 0 Å². The van der Waals surface area contributed by atoms with Gasteiger partial charge in [-0.25, -0.2) is 9.97 Å². The first kappa shape index (κ1) is 60.5. The van der Waals surface area contributed by atoms with E-state index in [2.05, 4.69) is 328 Å². The number of fused-ring (bicyclic) bond motifs is 6. The summed E-state index contributed by atoms with van der Waals surface area (Å²) in [6.45, 7) is 0. The second kappa shape index (κ2) is 25.8. The Balaban J connectivity index is 0.000000147. The van der Waals surface area contributed by atoms with Crippen molar-refractivity contribution in [1.29, 1.82) is 10.5 Å². The predicted octanol–water partition coefficient (Wildman–Crippen LogP) is 25.8. The first-order valence-corrected chi connectivity index (χ1v) is 34.4. The Morgan fingerprint density at radius 2 is 0.353 bits per heavy atom. The highest BCUT2D eigenvalue weighted by Crippen LogP contribution is 2.54. The molecular formula is C98H60N4. The summed E-state index contributed by atoms with van der Waals surface area (Å²) in [6.07, 6.45) is 0. The highest BCUT2D eigenvalue weighted by molar-refractivity contribution is 6.24. The first-order valence-electron chi connectivity index (χ1n) is 34.4. The normalized spacial score (nSPS) is 11.3. The van der Waals surface area contributed by atoms with E-state index >= 15 is 0 Å². The van der Waals surface area contributed by atoms with Gasteiger partial charge in [0, 0.05) is 22.3 Å². The molecule has 0 saturated carbocycles. The molecule has 2 aliphatic carbocycles. The maximum atomic E-state index is 9.46. The zero-order valence-corrected chi connectivity index (χ0v) is 55.4. The lowest BCUT2D eigenvalue weighted by molar-refractivity contribution is 1.32. The maximum absolute atomic E-state index is 9.46. The number of hydrogen-bond donors (Lipinski definition) is 0. The third-order valence-electron chi connectivity index (χ3n) is 20.2. The second-order valence-corrected chi connectivity index (χ2v) is 26.1. The van der Waals surface area contributed by atoms with E-state index in [9.17, 15) is 10.5 Å². The van der Waals surface area contributed by atoms with Gasteiger partial charge in [0.25, 0.3) is 0 Å². The lowest BCUT2D eigenvalue weighted by atomic mass is 9.88. The van der Waals surface area contributed by atoms with Gasteiger partial charge < -0.3 is 0 Å². The molecule has 2 aromatic heterocycles. The van der Waals surface area contributed by atoms with Gasteiger partial charge in [0.1, 0.15) is 0 Å². The van der Waals surface area contributed by atoms with Crippen LogP contribution in [0.5, 0.6) is 0 Å². The lowest BCUT2D eigenvalue weighted by Gasteiger charge is -2.16. The zero-order chi connectivity index (χ0) is 68.0. The molecule has 0 unspecified atom stereocenters. The largest absolute Gasteiger partial charge is 0.248 e. The maximum Gasteiger partial charge on any atom is 0.0991 e. The number of nitriles is 2. The number of benzene rings is 15. The standard InChI is InChI=1S/C52H32N2.C46H28N2/c53-33-34-15-17-38(18-16-34)43-27-29-47-45-13-7-8-14-46(45)48-30-28-44(51(43)52(47)48)39-25-23-36(24-26-39)35-19-21-37(22-20-35)42-31-49(40-9-3-1-4-10-40)54-50(32-42)41-11-5-2-6-12-41;47-29-30-15-17-32(18-16-30)37-23-25-41-39-13-7-8-14-40(39)42-26-24-38(45(37)46(41)42)33-21-19-31(20-22-33)36-27-43(34-9-3-1-4-10-34)48-44(28-36)35-11-5-2-6-12-35/h1-32H;1-28H. The molecule has 0 fully saturated rings. The minimum atomic E-state index is 0.662. The predicted molar refractivity (Wildman–Crippen MR) is 422 cm³/mol. The quantitative estimate of drug-likeness (QED) is 0.129. The highest BCUT2D eigenvalue weighted by Gasteiger charge is 2.27. The molecule has 4 nitrogen and oxygen atoms in total. The molecule has 2 aliphatic rings. The summed E-state index contributed by atoms with van der Waals surface area (Å²) < 4.78 is 0. The molecule has 19 rings (SSSR count). The number of nitrogens with zero attached hydrogens (tertiary/aromatic N) is 4. The van der Waals surface area contributed by atoms with E-state index in [-0.39, 0.29) is 0 Å². The monoisotopic (exact) mass is 1290 g/mol. The van der Waals surface area contributed by atoms with Crippen molar-refractivity contribution >= 4 is 21.5 Å². The zero-order valence-electron chi connectivity index (χ0n) is 55.4. The number of hydrogen-bond acceptors (Lipinski definition) is 4. The van der Waals surface area contributed by atoms with Crippen LogP contribution in [0.2, 0.25) is 0 Å². The summed E-state index contributed by atoms with van der Waals surface area (Å²) in [6, 6.07) is 133. The molecule has 102 heavy (non-hydrogen) atoms. The van der Waals surface area contributed by atoms with E-state index in [4.69, 9.17) is 9.97 Å².